The molecular formula is C11H19N. The lowest BCUT2D eigenvalue weighted by molar-refractivity contribution is 1.09. The lowest BCUT2D eigenvalue weighted by Crippen LogP contribution is -1.83. The quantitative estimate of drug-likeness (QED) is 0.446. The van der Waals surface area contributed by atoms with Gasteiger partial charge in [0.15, 0.2) is 0 Å². The van der Waals surface area contributed by atoms with Crippen molar-refractivity contribution in [1.29, 1.82) is 0 Å². The Morgan fingerprint density at radius 1 is 1.25 bits per heavy atom. The van der Waals surface area contributed by atoms with Crippen LogP contribution in [0.4, 0.5) is 0 Å². The first kappa shape index (κ1) is 11.2. The molecular weight excluding hydrogens is 146 g/mol. The van der Waals surface area contributed by atoms with Crippen molar-refractivity contribution in [2.24, 2.45) is 4.99 Å². The molecule has 0 heterocycles. The molecule has 0 aliphatic carbocycles. The van der Waals surface area contributed by atoms with Crippen LogP contribution in [0.2, 0.25) is 0 Å². The minimum atomic E-state index is 1.06. The second-order valence-corrected chi connectivity index (χ2v) is 3.12. The largest absolute Gasteiger partial charge is 0.259 e. The molecule has 0 rings (SSSR count). The highest BCUT2D eigenvalue weighted by Crippen LogP contribution is 2.07. The number of hydrogen-bond acceptors (Lipinski definition) is 1. The zero-order valence-electron chi connectivity index (χ0n) is 8.81. The summed E-state index contributed by atoms with van der Waals surface area (Å²) < 4.78 is 0. The molecule has 0 N–H and O–H groups in total. The van der Waals surface area contributed by atoms with E-state index in [9.17, 15) is 0 Å². The predicted molar refractivity (Wildman–Crippen MR) is 56.6 cm³/mol. The third-order valence-corrected chi connectivity index (χ3v) is 1.60. The number of aliphatic imine (C=N–C) groups is 1. The molecule has 0 aliphatic rings. The lowest BCUT2D eigenvalue weighted by Gasteiger charge is -1.97. The van der Waals surface area contributed by atoms with Gasteiger partial charge in [0.1, 0.15) is 0 Å². The number of allylic oxidation sites excluding steroid dienone is 3. The van der Waals surface area contributed by atoms with Crippen molar-refractivity contribution < 1.29 is 0 Å². The van der Waals surface area contributed by atoms with E-state index in [4.69, 9.17) is 0 Å². The van der Waals surface area contributed by atoms with Crippen molar-refractivity contribution >= 4 is 5.71 Å². The van der Waals surface area contributed by atoms with Crippen LogP contribution in [0.3, 0.4) is 0 Å². The highest BCUT2D eigenvalue weighted by Gasteiger charge is 1.89. The molecule has 0 atom stereocenters. The van der Waals surface area contributed by atoms with Gasteiger partial charge in [-0.25, -0.2) is 0 Å². The van der Waals surface area contributed by atoms with Crippen LogP contribution in [0.25, 0.3) is 0 Å². The van der Waals surface area contributed by atoms with Crippen LogP contribution in [-0.2, 0) is 0 Å². The molecule has 12 heavy (non-hydrogen) atoms. The summed E-state index contributed by atoms with van der Waals surface area (Å²) in [6.45, 7) is 10.3. The van der Waals surface area contributed by atoms with Gasteiger partial charge in [-0.3, -0.25) is 4.99 Å². The van der Waals surface area contributed by atoms with E-state index in [0.717, 1.165) is 17.8 Å². The minimum absolute atomic E-state index is 1.06. The normalized spacial score (nSPS) is 13.1. The second kappa shape index (κ2) is 5.76. The maximum absolute atomic E-state index is 4.38. The van der Waals surface area contributed by atoms with E-state index in [0.29, 0.717) is 0 Å². The van der Waals surface area contributed by atoms with Crippen molar-refractivity contribution in [3.8, 4) is 0 Å². The molecule has 0 aromatic rings. The van der Waals surface area contributed by atoms with Gasteiger partial charge in [0.05, 0.1) is 5.70 Å². The Hall–Kier alpha value is -0.850. The van der Waals surface area contributed by atoms with Gasteiger partial charge in [-0.2, -0.15) is 0 Å². The fourth-order valence-electron chi connectivity index (χ4n) is 0.793. The first-order valence-electron chi connectivity index (χ1n) is 4.45. The summed E-state index contributed by atoms with van der Waals surface area (Å²) >= 11 is 0. The molecule has 1 nitrogen and oxygen atoms in total. The summed E-state index contributed by atoms with van der Waals surface area (Å²) in [5.41, 5.74) is 3.53. The summed E-state index contributed by atoms with van der Waals surface area (Å²) in [5.74, 6) is 0. The molecule has 0 radical (unpaired) electrons. The molecule has 0 unspecified atom stereocenters. The van der Waals surface area contributed by atoms with E-state index in [1.807, 2.05) is 26.8 Å². The highest BCUT2D eigenvalue weighted by molar-refractivity contribution is 5.80. The van der Waals surface area contributed by atoms with E-state index < -0.39 is 0 Å². The van der Waals surface area contributed by atoms with Crippen molar-refractivity contribution in [2.75, 3.05) is 0 Å². The molecule has 0 spiro atoms. The van der Waals surface area contributed by atoms with Gasteiger partial charge in [-0.05, 0) is 40.2 Å². The van der Waals surface area contributed by atoms with Crippen LogP contribution in [-0.4, -0.2) is 5.71 Å². The van der Waals surface area contributed by atoms with Gasteiger partial charge in [0, 0.05) is 5.71 Å². The Balaban J connectivity index is 4.51. The van der Waals surface area contributed by atoms with Gasteiger partial charge in [0.2, 0.25) is 0 Å². The van der Waals surface area contributed by atoms with E-state index >= 15 is 0 Å². The van der Waals surface area contributed by atoms with Gasteiger partial charge >= 0.3 is 0 Å². The number of rotatable bonds is 3. The molecule has 0 saturated heterocycles. The van der Waals surface area contributed by atoms with Crippen LogP contribution in [0.5, 0.6) is 0 Å². The Kier molecular flexibility index (Phi) is 5.35. The monoisotopic (exact) mass is 165 g/mol. The summed E-state index contributed by atoms with van der Waals surface area (Å²) in [6, 6.07) is 0. The first-order valence-corrected chi connectivity index (χ1v) is 4.45. The molecule has 0 amide bonds. The fourth-order valence-corrected chi connectivity index (χ4v) is 0.793. The van der Waals surface area contributed by atoms with Crippen molar-refractivity contribution in [3.05, 3.63) is 23.4 Å². The zero-order chi connectivity index (χ0) is 9.56. The molecule has 0 aliphatic heterocycles. The standard InChI is InChI=1S/C11H19N/c1-6-10(5)8-11(7-2)12-9(3)4/h7-8H,6H2,1-5H3/b10-8+,11-7-. The Morgan fingerprint density at radius 2 is 1.83 bits per heavy atom. The SMILES string of the molecule is C/C=C(/C=C(\C)CC)N=C(C)C. The Labute approximate surface area is 75.9 Å². The van der Waals surface area contributed by atoms with Gasteiger partial charge < -0.3 is 0 Å². The van der Waals surface area contributed by atoms with Gasteiger partial charge in [-0.15, -0.1) is 0 Å². The average Bonchev–Trinajstić information content (AvgIpc) is 2.02. The smallest absolute Gasteiger partial charge is 0.0585 e. The molecule has 0 fully saturated rings. The van der Waals surface area contributed by atoms with Crippen molar-refractivity contribution in [2.45, 2.75) is 41.0 Å². The highest BCUT2D eigenvalue weighted by atomic mass is 14.7. The minimum Gasteiger partial charge on any atom is -0.259 e. The molecule has 1 heteroatoms. The Morgan fingerprint density at radius 3 is 2.17 bits per heavy atom. The van der Waals surface area contributed by atoms with Gasteiger partial charge in [-0.1, -0.05) is 18.6 Å². The predicted octanol–water partition coefficient (Wildman–Crippen LogP) is 3.73. The average molecular weight is 165 g/mol. The van der Waals surface area contributed by atoms with Crippen molar-refractivity contribution in [1.82, 2.24) is 0 Å². The van der Waals surface area contributed by atoms with E-state index in [-0.39, 0.29) is 0 Å². The third-order valence-electron chi connectivity index (χ3n) is 1.60. The summed E-state index contributed by atoms with van der Waals surface area (Å²) in [7, 11) is 0. The number of nitrogens with zero attached hydrogens (tertiary/aromatic N) is 1. The van der Waals surface area contributed by atoms with Crippen LogP contribution in [0, 0.1) is 0 Å². The van der Waals surface area contributed by atoms with Crippen LogP contribution < -0.4 is 0 Å². The Bertz CT molecular complexity index is 215. The van der Waals surface area contributed by atoms with Crippen LogP contribution in [0.15, 0.2) is 28.4 Å². The molecule has 0 aromatic heterocycles. The second-order valence-electron chi connectivity index (χ2n) is 3.12. The topological polar surface area (TPSA) is 12.4 Å². The van der Waals surface area contributed by atoms with E-state index in [1.165, 1.54) is 5.57 Å². The third kappa shape index (κ3) is 4.89. The van der Waals surface area contributed by atoms with Crippen LogP contribution in [0.1, 0.15) is 41.0 Å². The summed E-state index contributed by atoms with van der Waals surface area (Å²) in [5, 5.41) is 0. The molecule has 0 bridgehead atoms. The fraction of sp³-hybridized carbons (Fsp3) is 0.545. The van der Waals surface area contributed by atoms with Gasteiger partial charge in [0.25, 0.3) is 0 Å². The summed E-state index contributed by atoms with van der Waals surface area (Å²) in [6.07, 6.45) is 5.26. The molecule has 0 aromatic carbocycles. The molecule has 68 valence electrons. The number of hydrogen-bond donors (Lipinski definition) is 0. The zero-order valence-corrected chi connectivity index (χ0v) is 8.81. The lowest BCUT2D eigenvalue weighted by atomic mass is 10.2. The first-order chi connectivity index (χ1) is 5.60. The van der Waals surface area contributed by atoms with E-state index in [2.05, 4.69) is 24.9 Å². The van der Waals surface area contributed by atoms with E-state index in [1.54, 1.807) is 0 Å². The van der Waals surface area contributed by atoms with Crippen LogP contribution >= 0.6 is 0 Å². The van der Waals surface area contributed by atoms with Crippen molar-refractivity contribution in [3.63, 3.8) is 0 Å². The summed E-state index contributed by atoms with van der Waals surface area (Å²) in [4.78, 5) is 4.38. The maximum atomic E-state index is 4.38. The molecule has 0 saturated carbocycles. The maximum Gasteiger partial charge on any atom is 0.0585 e.